The predicted octanol–water partition coefficient (Wildman–Crippen LogP) is 4.78. The molecule has 0 aliphatic carbocycles. The molecule has 0 fully saturated rings. The van der Waals surface area contributed by atoms with Crippen molar-refractivity contribution < 1.29 is 75.0 Å². The van der Waals surface area contributed by atoms with E-state index in [9.17, 15) is 70.3 Å². The molecule has 0 amide bonds. The summed E-state index contributed by atoms with van der Waals surface area (Å²) in [7, 11) is -3.24. The summed E-state index contributed by atoms with van der Waals surface area (Å²) in [6, 6.07) is 0. The molecule has 0 bridgehead atoms. The SMILES string of the molecule is COC(=O)CN(C)S(=O)(=O)CCC(CC(CC(F)(C(F)(F)F)C(F)(F)F)C(F)(F)F)C(F)(F)F. The lowest BCUT2D eigenvalue weighted by Gasteiger charge is -2.35. The van der Waals surface area contributed by atoms with E-state index in [4.69, 9.17) is 0 Å². The molecule has 0 saturated heterocycles. The lowest BCUT2D eigenvalue weighted by Crippen LogP contribution is -2.55. The average molecular weight is 555 g/mol. The Morgan fingerprint density at radius 3 is 1.56 bits per heavy atom. The number of sulfonamides is 1. The van der Waals surface area contributed by atoms with Crippen LogP contribution in [0, 0.1) is 11.8 Å². The third-order valence-corrected chi connectivity index (χ3v) is 6.53. The summed E-state index contributed by atoms with van der Waals surface area (Å²) in [6.45, 7) is -1.01. The van der Waals surface area contributed by atoms with Crippen LogP contribution in [0.1, 0.15) is 19.3 Å². The standard InChI is InChI=1S/C15H18F13NO4S/c1-29(7-10(30)33-2)34(31,32)4-3-8(12(17,18)19)5-9(13(20,21)22)6-11(16,14(23,24)25)15(26,27)28/h8-9H,3-7H2,1-2H3. The van der Waals surface area contributed by atoms with Crippen LogP contribution in [0.15, 0.2) is 0 Å². The molecular formula is C15H18F13NO4S. The van der Waals surface area contributed by atoms with E-state index < -0.39 is 89.8 Å². The van der Waals surface area contributed by atoms with Gasteiger partial charge in [0, 0.05) is 13.5 Å². The van der Waals surface area contributed by atoms with Crippen LogP contribution < -0.4 is 0 Å². The van der Waals surface area contributed by atoms with Gasteiger partial charge >= 0.3 is 30.7 Å². The van der Waals surface area contributed by atoms with Gasteiger partial charge in [-0.15, -0.1) is 0 Å². The zero-order valence-electron chi connectivity index (χ0n) is 17.1. The van der Waals surface area contributed by atoms with Gasteiger partial charge < -0.3 is 4.74 Å². The lowest BCUT2D eigenvalue weighted by molar-refractivity contribution is -0.353. The molecule has 19 heteroatoms. The highest BCUT2D eigenvalue weighted by atomic mass is 32.2. The smallest absolute Gasteiger partial charge is 0.431 e. The van der Waals surface area contributed by atoms with Crippen molar-refractivity contribution in [2.45, 2.75) is 49.6 Å². The van der Waals surface area contributed by atoms with Crippen molar-refractivity contribution in [3.63, 3.8) is 0 Å². The quantitative estimate of drug-likeness (QED) is 0.288. The van der Waals surface area contributed by atoms with Crippen LogP contribution in [0.2, 0.25) is 0 Å². The number of methoxy groups -OCH3 is 1. The molecular weight excluding hydrogens is 537 g/mol. The Hall–Kier alpha value is -1.53. The van der Waals surface area contributed by atoms with E-state index >= 15 is 0 Å². The first kappa shape index (κ1) is 32.5. The van der Waals surface area contributed by atoms with Gasteiger partial charge in [0.05, 0.1) is 24.7 Å². The van der Waals surface area contributed by atoms with Crippen LogP contribution in [-0.4, -0.2) is 75.5 Å². The molecule has 0 aliphatic heterocycles. The van der Waals surface area contributed by atoms with Gasteiger partial charge in [0.2, 0.25) is 10.0 Å². The zero-order valence-corrected chi connectivity index (χ0v) is 17.9. The maximum absolute atomic E-state index is 13.8. The van der Waals surface area contributed by atoms with E-state index in [0.29, 0.717) is 7.05 Å². The fraction of sp³-hybridized carbons (Fsp3) is 0.933. The third-order valence-electron chi connectivity index (χ3n) is 4.70. The Balaban J connectivity index is 5.99. The summed E-state index contributed by atoms with van der Waals surface area (Å²) >= 11 is 0. The molecule has 0 N–H and O–H groups in total. The summed E-state index contributed by atoms with van der Waals surface area (Å²) in [5, 5.41) is 0. The van der Waals surface area contributed by atoms with Crippen LogP contribution in [0.4, 0.5) is 57.1 Å². The average Bonchev–Trinajstić information content (AvgIpc) is 2.59. The first-order chi connectivity index (χ1) is 14.8. The van der Waals surface area contributed by atoms with Crippen molar-refractivity contribution >= 4 is 16.0 Å². The minimum absolute atomic E-state index is 0.174. The molecule has 0 radical (unpaired) electrons. The Morgan fingerprint density at radius 2 is 1.24 bits per heavy atom. The van der Waals surface area contributed by atoms with Gasteiger partial charge in [-0.05, 0) is 12.8 Å². The number of hydrogen-bond acceptors (Lipinski definition) is 4. The van der Waals surface area contributed by atoms with Gasteiger partial charge in [-0.3, -0.25) is 4.79 Å². The number of likely N-dealkylation sites (N-methyl/N-ethyl adjacent to an activating group) is 1. The van der Waals surface area contributed by atoms with Gasteiger partial charge in [0.15, 0.2) is 0 Å². The molecule has 0 aromatic carbocycles. The summed E-state index contributed by atoms with van der Waals surface area (Å²) in [5.74, 6) is -10.2. The molecule has 0 spiro atoms. The topological polar surface area (TPSA) is 63.7 Å². The molecule has 2 unspecified atom stereocenters. The Bertz CT molecular complexity index is 772. The van der Waals surface area contributed by atoms with Crippen molar-refractivity contribution in [2.24, 2.45) is 11.8 Å². The van der Waals surface area contributed by atoms with Gasteiger partial charge in [-0.2, -0.15) is 57.0 Å². The number of ether oxygens (including phenoxy) is 1. The summed E-state index contributed by atoms with van der Waals surface area (Å²) in [4.78, 5) is 11.1. The van der Waals surface area contributed by atoms with Crippen molar-refractivity contribution in [1.29, 1.82) is 0 Å². The predicted molar refractivity (Wildman–Crippen MR) is 87.3 cm³/mol. The minimum Gasteiger partial charge on any atom is -0.468 e. The summed E-state index contributed by atoms with van der Waals surface area (Å²) in [6.07, 6.45) is -33.4. The maximum atomic E-state index is 13.8. The van der Waals surface area contributed by atoms with Crippen molar-refractivity contribution in [3.05, 3.63) is 0 Å². The molecule has 204 valence electrons. The highest BCUT2D eigenvalue weighted by Gasteiger charge is 2.74. The van der Waals surface area contributed by atoms with Crippen LogP contribution in [0.25, 0.3) is 0 Å². The number of nitrogens with zero attached hydrogens (tertiary/aromatic N) is 1. The summed E-state index contributed by atoms with van der Waals surface area (Å²) in [5.41, 5.74) is -6.48. The number of carbonyl (C=O) groups excluding carboxylic acids is 1. The normalized spacial score (nSPS) is 16.5. The van der Waals surface area contributed by atoms with Crippen LogP contribution in [0.3, 0.4) is 0 Å². The number of carbonyl (C=O) groups is 1. The minimum atomic E-state index is -6.94. The van der Waals surface area contributed by atoms with E-state index in [2.05, 4.69) is 4.74 Å². The van der Waals surface area contributed by atoms with Crippen LogP contribution in [0.5, 0.6) is 0 Å². The maximum Gasteiger partial charge on any atom is 0.431 e. The first-order valence-electron chi connectivity index (χ1n) is 8.76. The molecule has 0 heterocycles. The number of hydrogen-bond donors (Lipinski definition) is 0. The van der Waals surface area contributed by atoms with E-state index in [1.807, 2.05) is 0 Å². The Labute approximate surface area is 184 Å². The zero-order chi connectivity index (χ0) is 27.6. The van der Waals surface area contributed by atoms with Crippen LogP contribution in [-0.2, 0) is 19.6 Å². The molecule has 34 heavy (non-hydrogen) atoms. The fourth-order valence-corrected chi connectivity index (χ4v) is 3.81. The molecule has 0 aromatic rings. The second kappa shape index (κ2) is 10.6. The molecule has 0 saturated carbocycles. The molecule has 2 atom stereocenters. The molecule has 0 rings (SSSR count). The Morgan fingerprint density at radius 1 is 0.824 bits per heavy atom. The summed E-state index contributed by atoms with van der Waals surface area (Å²) < 4.78 is 197. The molecule has 0 aliphatic rings. The third kappa shape index (κ3) is 8.60. The van der Waals surface area contributed by atoms with Gasteiger partial charge in [-0.1, -0.05) is 0 Å². The first-order valence-corrected chi connectivity index (χ1v) is 10.4. The van der Waals surface area contributed by atoms with E-state index in [-0.39, 0.29) is 4.31 Å². The van der Waals surface area contributed by atoms with E-state index in [0.717, 1.165) is 7.11 Å². The molecule has 0 aromatic heterocycles. The fourth-order valence-electron chi connectivity index (χ4n) is 2.61. The number of alkyl halides is 13. The number of halogens is 13. The Kier molecular flexibility index (Phi) is 10.1. The van der Waals surface area contributed by atoms with E-state index in [1.165, 1.54) is 0 Å². The highest BCUT2D eigenvalue weighted by Crippen LogP contribution is 2.53. The van der Waals surface area contributed by atoms with Crippen molar-refractivity contribution in [3.8, 4) is 0 Å². The second-order valence-corrected chi connectivity index (χ2v) is 9.35. The highest BCUT2D eigenvalue weighted by molar-refractivity contribution is 7.89. The van der Waals surface area contributed by atoms with Crippen molar-refractivity contribution in [1.82, 2.24) is 4.31 Å². The van der Waals surface area contributed by atoms with Gasteiger partial charge in [0.25, 0.3) is 5.67 Å². The molecule has 5 nitrogen and oxygen atoms in total. The number of rotatable bonds is 10. The van der Waals surface area contributed by atoms with Crippen molar-refractivity contribution in [2.75, 3.05) is 26.5 Å². The second-order valence-electron chi connectivity index (χ2n) is 7.15. The van der Waals surface area contributed by atoms with E-state index in [1.54, 1.807) is 0 Å². The number of esters is 1. The van der Waals surface area contributed by atoms with Crippen LogP contribution >= 0.6 is 0 Å². The monoisotopic (exact) mass is 555 g/mol. The van der Waals surface area contributed by atoms with Gasteiger partial charge in [-0.25, -0.2) is 12.8 Å². The largest absolute Gasteiger partial charge is 0.468 e. The van der Waals surface area contributed by atoms with Gasteiger partial charge in [0.1, 0.15) is 6.54 Å². The lowest BCUT2D eigenvalue weighted by atomic mass is 9.83.